The number of thioether (sulfide) groups is 1. The fourth-order valence-corrected chi connectivity index (χ4v) is 6.67. The first kappa shape index (κ1) is 31.7. The molecule has 1 unspecified atom stereocenters. The number of hydrogen-bond donors (Lipinski definition) is 1. The van der Waals surface area contributed by atoms with E-state index in [1.54, 1.807) is 28.8 Å². The second-order valence-corrected chi connectivity index (χ2v) is 13.7. The largest absolute Gasteiger partial charge is 0.477 e. The molecule has 0 spiro atoms. The fraction of sp³-hybridized carbons (Fsp3) is 0.233. The lowest BCUT2D eigenvalue weighted by molar-refractivity contribution is 0.0981. The molecule has 1 aliphatic rings. The summed E-state index contributed by atoms with van der Waals surface area (Å²) in [4.78, 5) is 27.8. The molecule has 3 aromatic carbocycles. The van der Waals surface area contributed by atoms with E-state index in [1.807, 2.05) is 48.2 Å². The molecular formula is C30H28Cl2N4O6S2. The van der Waals surface area contributed by atoms with Crippen molar-refractivity contribution >= 4 is 62.7 Å². The number of carbonyl (C=O) groups is 2. The smallest absolute Gasteiger partial charge is 0.414 e. The van der Waals surface area contributed by atoms with Gasteiger partial charge in [-0.05, 0) is 55.8 Å². The van der Waals surface area contributed by atoms with Crippen molar-refractivity contribution in [2.45, 2.75) is 30.7 Å². The maximum atomic E-state index is 13.0. The van der Waals surface area contributed by atoms with Crippen LogP contribution in [0.5, 0.6) is 5.75 Å². The molecule has 1 N–H and O–H groups in total. The van der Waals surface area contributed by atoms with Gasteiger partial charge in [-0.3, -0.25) is 14.4 Å². The molecule has 0 fully saturated rings. The van der Waals surface area contributed by atoms with Gasteiger partial charge in [-0.25, -0.2) is 17.9 Å². The lowest BCUT2D eigenvalue weighted by atomic mass is 10.1. The topological polar surface area (TPSA) is 120 Å². The van der Waals surface area contributed by atoms with Crippen molar-refractivity contribution in [1.82, 2.24) is 14.5 Å². The van der Waals surface area contributed by atoms with Crippen molar-refractivity contribution < 1.29 is 27.5 Å². The van der Waals surface area contributed by atoms with Crippen LogP contribution < -0.4 is 14.4 Å². The quantitative estimate of drug-likeness (QED) is 0.229. The number of fused-ring (bicyclic) bond motifs is 1. The molecule has 0 radical (unpaired) electrons. The third-order valence-corrected chi connectivity index (χ3v) is 9.20. The first-order valence-electron chi connectivity index (χ1n) is 13.4. The Hall–Kier alpha value is -3.71. The van der Waals surface area contributed by atoms with E-state index < -0.39 is 27.5 Å². The molecule has 5 rings (SSSR count). The highest BCUT2D eigenvalue weighted by atomic mass is 35.5. The molecule has 0 bridgehead atoms. The number of sulfonamides is 1. The number of ether oxygens (including phenoxy) is 2. The zero-order valence-corrected chi connectivity index (χ0v) is 27.1. The van der Waals surface area contributed by atoms with E-state index in [1.165, 1.54) is 30.0 Å². The molecule has 2 heterocycles. The number of aromatic nitrogens is 2. The zero-order valence-electron chi connectivity index (χ0n) is 23.9. The number of amides is 2. The Morgan fingerprint density at radius 3 is 2.64 bits per heavy atom. The lowest BCUT2D eigenvalue weighted by Crippen LogP contribution is -2.42. The maximum absolute atomic E-state index is 13.0. The van der Waals surface area contributed by atoms with Gasteiger partial charge in [0.1, 0.15) is 5.75 Å². The summed E-state index contributed by atoms with van der Waals surface area (Å²) < 4.78 is 38.4. The van der Waals surface area contributed by atoms with Crippen LogP contribution in [0, 0.1) is 6.92 Å². The van der Waals surface area contributed by atoms with Crippen molar-refractivity contribution in [3.8, 4) is 16.9 Å². The first-order valence-corrected chi connectivity index (χ1v) is 16.9. The summed E-state index contributed by atoms with van der Waals surface area (Å²) in [5, 5.41) is 5.48. The number of nitrogens with zero attached hydrogens (tertiary/aromatic N) is 3. The van der Waals surface area contributed by atoms with E-state index >= 15 is 0 Å². The van der Waals surface area contributed by atoms with Crippen molar-refractivity contribution in [2.24, 2.45) is 0 Å². The molecule has 1 aliphatic heterocycles. The Labute approximate surface area is 269 Å². The van der Waals surface area contributed by atoms with E-state index in [2.05, 4.69) is 5.10 Å². The van der Waals surface area contributed by atoms with Gasteiger partial charge in [-0.1, -0.05) is 53.2 Å². The zero-order chi connectivity index (χ0) is 31.6. The number of carbonyl (C=O) groups excluding carboxylic acids is 2. The average molecular weight is 676 g/mol. The number of benzene rings is 3. The number of nitrogens with one attached hydrogen (secondary N) is 1. The second kappa shape index (κ2) is 13.1. The van der Waals surface area contributed by atoms with Crippen molar-refractivity contribution in [3.05, 3.63) is 93.7 Å². The van der Waals surface area contributed by atoms with Gasteiger partial charge in [0, 0.05) is 43.4 Å². The minimum absolute atomic E-state index is 0.149. The third-order valence-electron chi connectivity index (χ3n) is 6.69. The predicted octanol–water partition coefficient (Wildman–Crippen LogP) is 6.38. The molecule has 1 aromatic heterocycles. The predicted molar refractivity (Wildman–Crippen MR) is 171 cm³/mol. The molecule has 230 valence electrons. The lowest BCUT2D eigenvalue weighted by Gasteiger charge is -2.34. The minimum Gasteiger partial charge on any atom is -0.477 e. The fourth-order valence-electron chi connectivity index (χ4n) is 4.63. The molecule has 2 amide bonds. The van der Waals surface area contributed by atoms with E-state index in [0.717, 1.165) is 27.8 Å². The molecule has 1 atom stereocenters. The highest BCUT2D eigenvalue weighted by molar-refractivity contribution is 8.00. The third kappa shape index (κ3) is 7.15. The van der Waals surface area contributed by atoms with E-state index in [0.29, 0.717) is 27.0 Å². The number of anilines is 1. The van der Waals surface area contributed by atoms with Crippen LogP contribution in [0.15, 0.2) is 71.9 Å². The van der Waals surface area contributed by atoms with Crippen LogP contribution in [0.1, 0.15) is 28.4 Å². The Kier molecular flexibility index (Phi) is 9.45. The standard InChI is InChI=1S/C30H28Cl2N4O6S2/c1-4-41-30(38)36-17-27(42-26-10-6-8-23(31)18(26)2)43-28-22(7-5-9-25(28)36)21-14-33-35(16-21)15-20-13-19(11-12-24(20)32)29(37)34-44(3,39)40/h5-14,16,27H,4,15,17H2,1-3H3,(H,34,37). The van der Waals surface area contributed by atoms with E-state index in [-0.39, 0.29) is 25.3 Å². The van der Waals surface area contributed by atoms with Gasteiger partial charge in [-0.15, -0.1) is 0 Å². The SMILES string of the molecule is CCOC(=O)N1CC(Oc2cccc(Cl)c2C)Sc2c(-c3cnn(Cc4cc(C(=O)NS(C)(=O)=O)ccc4Cl)c3)cccc21. The van der Waals surface area contributed by atoms with Gasteiger partial charge in [0.2, 0.25) is 10.0 Å². The van der Waals surface area contributed by atoms with Crippen LogP contribution in [0.3, 0.4) is 0 Å². The van der Waals surface area contributed by atoms with Crippen LogP contribution in [-0.4, -0.2) is 55.0 Å². The summed E-state index contributed by atoms with van der Waals surface area (Å²) in [6, 6.07) is 15.6. The summed E-state index contributed by atoms with van der Waals surface area (Å²) >= 11 is 14.2. The highest BCUT2D eigenvalue weighted by Gasteiger charge is 2.33. The molecule has 4 aromatic rings. The second-order valence-electron chi connectivity index (χ2n) is 9.93. The van der Waals surface area contributed by atoms with E-state index in [4.69, 9.17) is 32.7 Å². The Balaban J connectivity index is 1.45. The monoisotopic (exact) mass is 674 g/mol. The Morgan fingerprint density at radius 2 is 1.89 bits per heavy atom. The van der Waals surface area contributed by atoms with E-state index in [9.17, 15) is 18.0 Å². The average Bonchev–Trinajstić information content (AvgIpc) is 3.43. The Morgan fingerprint density at radius 1 is 1.11 bits per heavy atom. The van der Waals surface area contributed by atoms with Crippen molar-refractivity contribution in [1.29, 1.82) is 0 Å². The van der Waals surface area contributed by atoms with Crippen molar-refractivity contribution in [2.75, 3.05) is 24.3 Å². The van der Waals surface area contributed by atoms with Crippen LogP contribution in [0.25, 0.3) is 11.1 Å². The van der Waals surface area contributed by atoms with Gasteiger partial charge in [0.25, 0.3) is 5.91 Å². The van der Waals surface area contributed by atoms with Gasteiger partial charge >= 0.3 is 6.09 Å². The molecule has 44 heavy (non-hydrogen) atoms. The summed E-state index contributed by atoms with van der Waals surface area (Å²) in [6.45, 7) is 4.33. The van der Waals surface area contributed by atoms with Crippen LogP contribution in [0.2, 0.25) is 10.0 Å². The molecule has 0 aliphatic carbocycles. The molecular weight excluding hydrogens is 647 g/mol. The van der Waals surface area contributed by atoms with Crippen LogP contribution >= 0.6 is 35.0 Å². The number of hydrogen-bond acceptors (Lipinski definition) is 8. The van der Waals surface area contributed by atoms with Gasteiger partial charge in [-0.2, -0.15) is 5.10 Å². The van der Waals surface area contributed by atoms with Crippen LogP contribution in [0.4, 0.5) is 10.5 Å². The molecule has 0 saturated heterocycles. The first-order chi connectivity index (χ1) is 20.9. The summed E-state index contributed by atoms with van der Waals surface area (Å²) in [5.41, 5.74) is 3.36. The minimum atomic E-state index is -3.73. The number of rotatable bonds is 8. The normalized spacial score (nSPS) is 14.6. The summed E-state index contributed by atoms with van der Waals surface area (Å²) in [6.07, 6.45) is 3.96. The van der Waals surface area contributed by atoms with Crippen molar-refractivity contribution in [3.63, 3.8) is 0 Å². The van der Waals surface area contributed by atoms with Gasteiger partial charge in [0.05, 0.1) is 37.8 Å². The number of halogens is 2. The van der Waals surface area contributed by atoms with Crippen LogP contribution in [-0.2, 0) is 21.3 Å². The van der Waals surface area contributed by atoms with Gasteiger partial charge < -0.3 is 9.47 Å². The molecule has 14 heteroatoms. The molecule has 0 saturated carbocycles. The highest BCUT2D eigenvalue weighted by Crippen LogP contribution is 2.45. The molecule has 10 nitrogen and oxygen atoms in total. The summed E-state index contributed by atoms with van der Waals surface area (Å²) in [5.74, 6) is -0.132. The van der Waals surface area contributed by atoms with Gasteiger partial charge in [0.15, 0.2) is 5.44 Å². The summed E-state index contributed by atoms with van der Waals surface area (Å²) in [7, 11) is -3.73. The maximum Gasteiger partial charge on any atom is 0.414 e. The Bertz CT molecular complexity index is 1850.